The van der Waals surface area contributed by atoms with Gasteiger partial charge in [-0.2, -0.15) is 5.10 Å². The van der Waals surface area contributed by atoms with Gasteiger partial charge in [0.2, 0.25) is 0 Å². The average molecular weight is 267 g/mol. The van der Waals surface area contributed by atoms with Gasteiger partial charge in [-0.1, -0.05) is 13.8 Å². The highest BCUT2D eigenvalue weighted by molar-refractivity contribution is 5.90. The maximum absolute atomic E-state index is 11.6. The fourth-order valence-corrected chi connectivity index (χ4v) is 1.30. The first-order chi connectivity index (χ1) is 8.81. The molecule has 1 heterocycles. The molecule has 0 saturated heterocycles. The number of aryl methyl sites for hydroxylation is 2. The van der Waals surface area contributed by atoms with Crippen molar-refractivity contribution in [1.82, 2.24) is 20.5 Å². The van der Waals surface area contributed by atoms with E-state index in [2.05, 4.69) is 25.8 Å². The number of aliphatic carboxylic acids is 1. The van der Waals surface area contributed by atoms with Crippen LogP contribution in [0.25, 0.3) is 0 Å². The van der Waals surface area contributed by atoms with E-state index in [9.17, 15) is 9.59 Å². The molecule has 19 heavy (non-hydrogen) atoms. The number of amides is 2. The summed E-state index contributed by atoms with van der Waals surface area (Å²) in [6.45, 7) is 6.89. The number of carbonyl (C=O) groups excluding carboxylic acids is 1. The third-order valence-corrected chi connectivity index (χ3v) is 2.54. The Bertz CT molecular complexity index is 489. The number of carbonyl (C=O) groups is 2. The van der Waals surface area contributed by atoms with Gasteiger partial charge in [0, 0.05) is 0 Å². The quantitative estimate of drug-likeness (QED) is 0.740. The lowest BCUT2D eigenvalue weighted by atomic mass is 10.1. The number of carboxylic acid groups (broad SMARTS) is 1. The van der Waals surface area contributed by atoms with Gasteiger partial charge in [0.05, 0.1) is 11.4 Å². The molecule has 1 atom stereocenters. The number of hydrogen-bond acceptors (Lipinski definition) is 5. The lowest BCUT2D eigenvalue weighted by Gasteiger charge is -2.17. The van der Waals surface area contributed by atoms with Gasteiger partial charge >= 0.3 is 12.0 Å². The van der Waals surface area contributed by atoms with Gasteiger partial charge in [-0.25, -0.2) is 14.6 Å². The number of hydrogen-bond donors (Lipinski definition) is 3. The summed E-state index contributed by atoms with van der Waals surface area (Å²) in [5.41, 5.74) is 1.31. The lowest BCUT2D eigenvalue weighted by Crippen LogP contribution is -2.46. The predicted molar refractivity (Wildman–Crippen MR) is 67.7 cm³/mol. The first-order valence-corrected chi connectivity index (χ1v) is 5.79. The Hall–Kier alpha value is -2.25. The topological polar surface area (TPSA) is 117 Å². The molecule has 1 aromatic rings. The summed E-state index contributed by atoms with van der Waals surface area (Å²) in [5.74, 6) is -1.29. The van der Waals surface area contributed by atoms with E-state index in [1.165, 1.54) is 0 Å². The van der Waals surface area contributed by atoms with Gasteiger partial charge in [0.25, 0.3) is 5.95 Å². The van der Waals surface area contributed by atoms with Gasteiger partial charge in [0.1, 0.15) is 6.04 Å². The summed E-state index contributed by atoms with van der Waals surface area (Å²) in [6, 6.07) is -1.65. The molecule has 8 nitrogen and oxygen atoms in total. The smallest absolute Gasteiger partial charge is 0.326 e. The van der Waals surface area contributed by atoms with Crippen LogP contribution in [-0.2, 0) is 4.79 Å². The highest BCUT2D eigenvalue weighted by Gasteiger charge is 2.23. The van der Waals surface area contributed by atoms with E-state index in [0.29, 0.717) is 11.4 Å². The molecule has 104 valence electrons. The molecule has 0 aliphatic rings. The Morgan fingerprint density at radius 2 is 1.79 bits per heavy atom. The molecule has 1 rings (SSSR count). The van der Waals surface area contributed by atoms with E-state index < -0.39 is 18.0 Å². The molecule has 0 bridgehead atoms. The third kappa shape index (κ3) is 4.16. The molecule has 0 saturated carbocycles. The van der Waals surface area contributed by atoms with Crippen molar-refractivity contribution in [3.05, 3.63) is 11.4 Å². The number of urea groups is 1. The summed E-state index contributed by atoms with van der Waals surface area (Å²) in [6.07, 6.45) is 0. The zero-order chi connectivity index (χ0) is 14.6. The van der Waals surface area contributed by atoms with Crippen LogP contribution in [0, 0.1) is 19.8 Å². The number of carboxylic acids is 1. The van der Waals surface area contributed by atoms with Crippen LogP contribution in [0.1, 0.15) is 25.2 Å². The number of rotatable bonds is 4. The first-order valence-electron chi connectivity index (χ1n) is 5.79. The molecular formula is C11H17N5O3. The SMILES string of the molecule is Cc1nnc(NC(=O)N[C@@H](C(=O)O)C(C)C)nc1C. The average Bonchev–Trinajstić information content (AvgIpc) is 2.30. The second kappa shape index (κ2) is 6.07. The van der Waals surface area contributed by atoms with Crippen LogP contribution >= 0.6 is 0 Å². The van der Waals surface area contributed by atoms with E-state index in [1.807, 2.05) is 0 Å². The Labute approximate surface area is 110 Å². The second-order valence-electron chi connectivity index (χ2n) is 4.46. The Kier molecular flexibility index (Phi) is 4.74. The van der Waals surface area contributed by atoms with Crippen LogP contribution in [0.2, 0.25) is 0 Å². The molecule has 2 amide bonds. The summed E-state index contributed by atoms with van der Waals surface area (Å²) in [7, 11) is 0. The summed E-state index contributed by atoms with van der Waals surface area (Å²) in [5, 5.41) is 21.2. The molecule has 3 N–H and O–H groups in total. The monoisotopic (exact) mass is 267 g/mol. The molecule has 0 fully saturated rings. The van der Waals surface area contributed by atoms with Crippen LogP contribution in [0.3, 0.4) is 0 Å². The molecule has 8 heteroatoms. The summed E-state index contributed by atoms with van der Waals surface area (Å²) < 4.78 is 0. The minimum Gasteiger partial charge on any atom is -0.480 e. The summed E-state index contributed by atoms with van der Waals surface area (Å²) >= 11 is 0. The lowest BCUT2D eigenvalue weighted by molar-refractivity contribution is -0.140. The fraction of sp³-hybridized carbons (Fsp3) is 0.545. The van der Waals surface area contributed by atoms with E-state index in [0.717, 1.165) is 0 Å². The highest BCUT2D eigenvalue weighted by Crippen LogP contribution is 2.04. The molecule has 0 unspecified atom stereocenters. The van der Waals surface area contributed by atoms with Crippen molar-refractivity contribution in [2.24, 2.45) is 5.92 Å². The van der Waals surface area contributed by atoms with Gasteiger partial charge in [-0.3, -0.25) is 5.32 Å². The second-order valence-corrected chi connectivity index (χ2v) is 4.46. The fourth-order valence-electron chi connectivity index (χ4n) is 1.30. The third-order valence-electron chi connectivity index (χ3n) is 2.54. The summed E-state index contributed by atoms with van der Waals surface area (Å²) in [4.78, 5) is 26.6. The van der Waals surface area contributed by atoms with Crippen molar-refractivity contribution in [2.75, 3.05) is 5.32 Å². The van der Waals surface area contributed by atoms with Crippen molar-refractivity contribution in [3.8, 4) is 0 Å². The molecule has 0 aliphatic heterocycles. The largest absolute Gasteiger partial charge is 0.480 e. The normalized spacial score (nSPS) is 12.1. The maximum Gasteiger partial charge on any atom is 0.326 e. The van der Waals surface area contributed by atoms with Gasteiger partial charge in [0.15, 0.2) is 0 Å². The Balaban J connectivity index is 2.69. The minimum atomic E-state index is -1.09. The van der Waals surface area contributed by atoms with Crippen molar-refractivity contribution >= 4 is 17.9 Å². The molecule has 1 aromatic heterocycles. The maximum atomic E-state index is 11.6. The van der Waals surface area contributed by atoms with E-state index in [-0.39, 0.29) is 11.9 Å². The number of nitrogens with one attached hydrogen (secondary N) is 2. The zero-order valence-corrected chi connectivity index (χ0v) is 11.3. The van der Waals surface area contributed by atoms with Crippen molar-refractivity contribution in [1.29, 1.82) is 0 Å². The van der Waals surface area contributed by atoms with Crippen LogP contribution in [0.5, 0.6) is 0 Å². The van der Waals surface area contributed by atoms with Crippen LogP contribution < -0.4 is 10.6 Å². The minimum absolute atomic E-state index is 0.0356. The first kappa shape index (κ1) is 14.8. The molecule has 0 spiro atoms. The Morgan fingerprint density at radius 3 is 2.26 bits per heavy atom. The number of aromatic nitrogens is 3. The van der Waals surface area contributed by atoms with Crippen molar-refractivity contribution in [3.63, 3.8) is 0 Å². The molecular weight excluding hydrogens is 250 g/mol. The van der Waals surface area contributed by atoms with E-state index in [4.69, 9.17) is 5.11 Å². The van der Waals surface area contributed by atoms with Gasteiger partial charge < -0.3 is 10.4 Å². The Morgan fingerprint density at radius 1 is 1.16 bits per heavy atom. The van der Waals surface area contributed by atoms with Gasteiger partial charge in [-0.15, -0.1) is 5.10 Å². The van der Waals surface area contributed by atoms with Crippen LogP contribution in [-0.4, -0.2) is 38.3 Å². The number of nitrogens with zero attached hydrogens (tertiary/aromatic N) is 3. The van der Waals surface area contributed by atoms with Crippen LogP contribution in [0.15, 0.2) is 0 Å². The predicted octanol–water partition coefficient (Wildman–Crippen LogP) is 0.719. The highest BCUT2D eigenvalue weighted by atomic mass is 16.4. The standard InChI is InChI=1S/C11H17N5O3/c1-5(2)8(9(17)18)13-11(19)14-10-12-6(3)7(4)15-16-10/h5,8H,1-4H3,(H,17,18)(H2,12,13,14,16,19)/t8-/m1/s1. The van der Waals surface area contributed by atoms with E-state index >= 15 is 0 Å². The van der Waals surface area contributed by atoms with E-state index in [1.54, 1.807) is 27.7 Å². The zero-order valence-electron chi connectivity index (χ0n) is 11.3. The van der Waals surface area contributed by atoms with Crippen molar-refractivity contribution < 1.29 is 14.7 Å². The van der Waals surface area contributed by atoms with Crippen LogP contribution in [0.4, 0.5) is 10.7 Å². The number of anilines is 1. The molecule has 0 radical (unpaired) electrons. The van der Waals surface area contributed by atoms with Gasteiger partial charge in [-0.05, 0) is 19.8 Å². The molecule has 0 aromatic carbocycles. The van der Waals surface area contributed by atoms with Crippen molar-refractivity contribution in [2.45, 2.75) is 33.7 Å². The molecule has 0 aliphatic carbocycles.